The molecule has 144 valence electrons. The Balaban J connectivity index is 2.03. The lowest BCUT2D eigenvalue weighted by Gasteiger charge is -2.24. The van der Waals surface area contributed by atoms with Crippen LogP contribution in [0.25, 0.3) is 0 Å². The highest BCUT2D eigenvalue weighted by Gasteiger charge is 2.21. The van der Waals surface area contributed by atoms with E-state index in [4.69, 9.17) is 0 Å². The van der Waals surface area contributed by atoms with E-state index in [0.29, 0.717) is 25.2 Å². The summed E-state index contributed by atoms with van der Waals surface area (Å²) >= 11 is 0. The van der Waals surface area contributed by atoms with Crippen LogP contribution in [-0.4, -0.2) is 25.0 Å². The smallest absolute Gasteiger partial charge is 0.326 e. The minimum Gasteiger partial charge on any atom is -0.356 e. The summed E-state index contributed by atoms with van der Waals surface area (Å²) in [6, 6.07) is 14.8. The summed E-state index contributed by atoms with van der Waals surface area (Å²) < 4.78 is 13.8. The molecule has 0 atom stereocenters. The van der Waals surface area contributed by atoms with Crippen LogP contribution >= 0.6 is 0 Å². The van der Waals surface area contributed by atoms with Crippen LogP contribution in [0.1, 0.15) is 27.2 Å². The van der Waals surface area contributed by atoms with Crippen LogP contribution in [0.5, 0.6) is 0 Å². The molecule has 2 N–H and O–H groups in total. The van der Waals surface area contributed by atoms with Crippen LogP contribution in [0.2, 0.25) is 0 Å². The number of para-hydroxylation sites is 2. The zero-order chi connectivity index (χ0) is 19.9. The highest BCUT2D eigenvalue weighted by atomic mass is 19.1. The molecule has 0 aliphatic carbocycles. The number of hydrogen-bond acceptors (Lipinski definition) is 2. The molecule has 27 heavy (non-hydrogen) atoms. The Morgan fingerprint density at radius 3 is 2.26 bits per heavy atom. The SMILES string of the molecule is CC(C)(C)C(=O)NCCCN(C(=O)Nc1ccccc1F)c1ccccc1. The fourth-order valence-corrected chi connectivity index (χ4v) is 2.41. The topological polar surface area (TPSA) is 61.4 Å². The molecule has 2 aromatic carbocycles. The summed E-state index contributed by atoms with van der Waals surface area (Å²) in [7, 11) is 0. The summed E-state index contributed by atoms with van der Waals surface area (Å²) in [5, 5.41) is 5.48. The highest BCUT2D eigenvalue weighted by Crippen LogP contribution is 2.18. The molecule has 0 unspecified atom stereocenters. The molecule has 0 bridgehead atoms. The van der Waals surface area contributed by atoms with Crippen molar-refractivity contribution in [2.75, 3.05) is 23.3 Å². The van der Waals surface area contributed by atoms with Crippen LogP contribution in [0.15, 0.2) is 54.6 Å². The van der Waals surface area contributed by atoms with Gasteiger partial charge in [0.2, 0.25) is 5.91 Å². The predicted molar refractivity (Wildman–Crippen MR) is 106 cm³/mol. The fourth-order valence-electron chi connectivity index (χ4n) is 2.41. The molecule has 0 saturated carbocycles. The van der Waals surface area contributed by atoms with E-state index in [2.05, 4.69) is 10.6 Å². The molecule has 6 heteroatoms. The zero-order valence-corrected chi connectivity index (χ0v) is 16.0. The third kappa shape index (κ3) is 6.09. The maximum atomic E-state index is 13.8. The number of carbonyl (C=O) groups excluding carboxylic acids is 2. The Kier molecular flexibility index (Phi) is 6.93. The number of halogens is 1. The Morgan fingerprint density at radius 2 is 1.63 bits per heavy atom. The minimum absolute atomic E-state index is 0.0374. The van der Waals surface area contributed by atoms with E-state index < -0.39 is 17.3 Å². The Bertz CT molecular complexity index is 772. The monoisotopic (exact) mass is 371 g/mol. The number of rotatable bonds is 6. The van der Waals surface area contributed by atoms with E-state index in [9.17, 15) is 14.0 Å². The van der Waals surface area contributed by atoms with Crippen LogP contribution < -0.4 is 15.5 Å². The first-order chi connectivity index (χ1) is 12.8. The molecule has 0 aliphatic heterocycles. The quantitative estimate of drug-likeness (QED) is 0.739. The van der Waals surface area contributed by atoms with Crippen molar-refractivity contribution >= 4 is 23.3 Å². The normalized spacial score (nSPS) is 11.0. The lowest BCUT2D eigenvalue weighted by Crippen LogP contribution is -2.39. The van der Waals surface area contributed by atoms with Crippen molar-refractivity contribution in [2.24, 2.45) is 5.41 Å². The van der Waals surface area contributed by atoms with Crippen molar-refractivity contribution in [2.45, 2.75) is 27.2 Å². The number of hydrogen-bond donors (Lipinski definition) is 2. The number of urea groups is 1. The third-order valence-corrected chi connectivity index (χ3v) is 3.95. The first-order valence-corrected chi connectivity index (χ1v) is 8.95. The van der Waals surface area contributed by atoms with Gasteiger partial charge in [0, 0.05) is 24.2 Å². The standard InChI is InChI=1S/C21H26FN3O2/c1-21(2,3)19(26)23-14-9-15-25(16-10-5-4-6-11-16)20(27)24-18-13-8-7-12-17(18)22/h4-8,10-13H,9,14-15H2,1-3H3,(H,23,26)(H,24,27). The number of anilines is 2. The molecule has 0 spiro atoms. The lowest BCUT2D eigenvalue weighted by molar-refractivity contribution is -0.128. The van der Waals surface area contributed by atoms with E-state index in [1.807, 2.05) is 51.1 Å². The molecule has 2 rings (SSSR count). The average molecular weight is 371 g/mol. The largest absolute Gasteiger partial charge is 0.356 e. The van der Waals surface area contributed by atoms with Crippen LogP contribution in [-0.2, 0) is 4.79 Å². The Labute approximate surface area is 159 Å². The summed E-state index contributed by atoms with van der Waals surface area (Å²) in [6.07, 6.45) is 0.571. The predicted octanol–water partition coefficient (Wildman–Crippen LogP) is 4.42. The number of nitrogens with one attached hydrogen (secondary N) is 2. The fraction of sp³-hybridized carbons (Fsp3) is 0.333. The van der Waals surface area contributed by atoms with Gasteiger partial charge in [-0.15, -0.1) is 0 Å². The highest BCUT2D eigenvalue weighted by molar-refractivity contribution is 6.01. The number of carbonyl (C=O) groups is 2. The van der Waals surface area contributed by atoms with Gasteiger partial charge >= 0.3 is 6.03 Å². The van der Waals surface area contributed by atoms with Crippen LogP contribution in [0.4, 0.5) is 20.6 Å². The van der Waals surface area contributed by atoms with Gasteiger partial charge in [0.15, 0.2) is 0 Å². The average Bonchev–Trinajstić information content (AvgIpc) is 2.63. The molecule has 0 aliphatic rings. The second-order valence-corrected chi connectivity index (χ2v) is 7.26. The van der Waals surface area contributed by atoms with Crippen molar-refractivity contribution in [1.29, 1.82) is 0 Å². The van der Waals surface area contributed by atoms with Gasteiger partial charge in [-0.3, -0.25) is 9.69 Å². The summed E-state index contributed by atoms with van der Waals surface area (Å²) in [5.41, 5.74) is 0.374. The number of nitrogens with zero attached hydrogens (tertiary/aromatic N) is 1. The van der Waals surface area contributed by atoms with Crippen molar-refractivity contribution < 1.29 is 14.0 Å². The van der Waals surface area contributed by atoms with E-state index in [0.717, 1.165) is 0 Å². The van der Waals surface area contributed by atoms with E-state index >= 15 is 0 Å². The van der Waals surface area contributed by atoms with Gasteiger partial charge in [-0.05, 0) is 30.7 Å². The lowest BCUT2D eigenvalue weighted by atomic mass is 9.96. The van der Waals surface area contributed by atoms with E-state index in [-0.39, 0.29) is 11.6 Å². The zero-order valence-electron chi connectivity index (χ0n) is 16.0. The second kappa shape index (κ2) is 9.16. The van der Waals surface area contributed by atoms with E-state index in [1.165, 1.54) is 17.0 Å². The van der Waals surface area contributed by atoms with Gasteiger partial charge < -0.3 is 10.6 Å². The van der Waals surface area contributed by atoms with E-state index in [1.54, 1.807) is 12.1 Å². The number of benzene rings is 2. The van der Waals surface area contributed by atoms with Crippen LogP contribution in [0, 0.1) is 11.2 Å². The van der Waals surface area contributed by atoms with Gasteiger partial charge in [-0.2, -0.15) is 0 Å². The maximum absolute atomic E-state index is 13.8. The van der Waals surface area contributed by atoms with Gasteiger partial charge in [0.25, 0.3) is 0 Å². The third-order valence-electron chi connectivity index (χ3n) is 3.95. The Hall–Kier alpha value is -2.89. The van der Waals surface area contributed by atoms with Gasteiger partial charge in [-0.1, -0.05) is 51.1 Å². The molecule has 5 nitrogen and oxygen atoms in total. The second-order valence-electron chi connectivity index (χ2n) is 7.26. The molecule has 0 radical (unpaired) electrons. The summed E-state index contributed by atoms with van der Waals surface area (Å²) in [4.78, 5) is 26.2. The summed E-state index contributed by atoms with van der Waals surface area (Å²) in [5.74, 6) is -0.527. The van der Waals surface area contributed by atoms with Gasteiger partial charge in [0.1, 0.15) is 5.82 Å². The number of amides is 3. The minimum atomic E-state index is -0.490. The molecular formula is C21H26FN3O2. The Morgan fingerprint density at radius 1 is 1.00 bits per heavy atom. The van der Waals surface area contributed by atoms with Crippen molar-refractivity contribution in [3.05, 3.63) is 60.4 Å². The van der Waals surface area contributed by atoms with Gasteiger partial charge in [0.05, 0.1) is 5.69 Å². The molecule has 0 heterocycles. The molecular weight excluding hydrogens is 345 g/mol. The molecule has 0 aromatic heterocycles. The first-order valence-electron chi connectivity index (χ1n) is 8.95. The molecule has 0 saturated heterocycles. The molecule has 0 fully saturated rings. The maximum Gasteiger partial charge on any atom is 0.326 e. The van der Waals surface area contributed by atoms with Crippen molar-refractivity contribution in [3.63, 3.8) is 0 Å². The van der Waals surface area contributed by atoms with Crippen molar-refractivity contribution in [1.82, 2.24) is 5.32 Å². The van der Waals surface area contributed by atoms with Gasteiger partial charge in [-0.25, -0.2) is 9.18 Å². The van der Waals surface area contributed by atoms with Crippen LogP contribution in [0.3, 0.4) is 0 Å². The molecule has 2 aromatic rings. The molecule has 3 amide bonds. The summed E-state index contributed by atoms with van der Waals surface area (Å²) in [6.45, 7) is 6.38. The van der Waals surface area contributed by atoms with Crippen molar-refractivity contribution in [3.8, 4) is 0 Å². The first kappa shape index (κ1) is 20.4.